The van der Waals surface area contributed by atoms with E-state index in [0.29, 0.717) is 6.54 Å². The van der Waals surface area contributed by atoms with E-state index in [9.17, 15) is 9.59 Å². The Morgan fingerprint density at radius 3 is 2.37 bits per heavy atom. The molecule has 19 heavy (non-hydrogen) atoms. The van der Waals surface area contributed by atoms with Crippen LogP contribution in [0.15, 0.2) is 11.1 Å². The third kappa shape index (κ3) is 3.49. The molecule has 2 bridgehead atoms. The second kappa shape index (κ2) is 5.94. The fourth-order valence-corrected chi connectivity index (χ4v) is 3.44. The fraction of sp³-hybridized carbons (Fsp3) is 0.692. The van der Waals surface area contributed by atoms with Crippen molar-refractivity contribution >= 4 is 27.9 Å². The zero-order valence-corrected chi connectivity index (χ0v) is 12.4. The normalized spacial score (nSPS) is 29.1. The van der Waals surface area contributed by atoms with Crippen molar-refractivity contribution in [1.29, 1.82) is 0 Å². The van der Waals surface area contributed by atoms with E-state index >= 15 is 0 Å². The maximum atomic E-state index is 12.1. The van der Waals surface area contributed by atoms with Gasteiger partial charge in [0.25, 0.3) is 0 Å². The van der Waals surface area contributed by atoms with Crippen LogP contribution in [0.3, 0.4) is 0 Å². The minimum absolute atomic E-state index is 0.0538. The number of nitrogens with zero attached hydrogens (tertiary/aromatic N) is 1. The van der Waals surface area contributed by atoms with Crippen LogP contribution in [0.4, 0.5) is 4.79 Å². The molecule has 0 aromatic rings. The molecule has 0 radical (unpaired) electrons. The molecule has 0 aromatic carbocycles. The lowest BCUT2D eigenvalue weighted by Gasteiger charge is -2.38. The van der Waals surface area contributed by atoms with Crippen LogP contribution >= 0.6 is 15.9 Å². The van der Waals surface area contributed by atoms with Gasteiger partial charge in [-0.25, -0.2) is 4.79 Å². The lowest BCUT2D eigenvalue weighted by atomic mass is 9.88. The molecular formula is C13H19BrN2O3. The minimum atomic E-state index is -0.738. The number of carboxylic acid groups (broad SMARTS) is 1. The van der Waals surface area contributed by atoms with E-state index in [1.165, 1.54) is 0 Å². The Kier molecular flexibility index (Phi) is 4.50. The average molecular weight is 331 g/mol. The summed E-state index contributed by atoms with van der Waals surface area (Å²) in [7, 11) is 0. The summed E-state index contributed by atoms with van der Waals surface area (Å²) in [4.78, 5) is 24.8. The summed E-state index contributed by atoms with van der Waals surface area (Å²) in [5.41, 5.74) is 0. The summed E-state index contributed by atoms with van der Waals surface area (Å²) in [5.74, 6) is -0.525. The number of hydrogen-bond donors (Lipinski definition) is 2. The van der Waals surface area contributed by atoms with Gasteiger partial charge in [0.2, 0.25) is 0 Å². The first-order valence-corrected chi connectivity index (χ1v) is 7.38. The summed E-state index contributed by atoms with van der Waals surface area (Å²) in [6.07, 6.45) is 3.82. The van der Waals surface area contributed by atoms with E-state index in [0.717, 1.165) is 30.2 Å². The molecule has 106 valence electrons. The van der Waals surface area contributed by atoms with Gasteiger partial charge in [-0.1, -0.05) is 22.5 Å². The molecule has 2 unspecified atom stereocenters. The van der Waals surface area contributed by atoms with Crippen LogP contribution in [0.1, 0.15) is 32.1 Å². The number of aliphatic carboxylic acids is 1. The first kappa shape index (κ1) is 14.4. The Morgan fingerprint density at radius 2 is 1.89 bits per heavy atom. The molecule has 2 rings (SSSR count). The van der Waals surface area contributed by atoms with Gasteiger partial charge in [0.1, 0.15) is 0 Å². The first-order chi connectivity index (χ1) is 8.97. The molecule has 2 aliphatic rings. The SMILES string of the molecule is C=C(Br)CNC(=O)N1C2CCC1CC(CC(=O)O)C2. The molecule has 2 atom stereocenters. The predicted molar refractivity (Wildman–Crippen MR) is 75.1 cm³/mol. The maximum Gasteiger partial charge on any atom is 0.318 e. The fourth-order valence-electron chi connectivity index (χ4n) is 3.30. The number of urea groups is 1. The van der Waals surface area contributed by atoms with E-state index in [2.05, 4.69) is 27.8 Å². The van der Waals surface area contributed by atoms with Crippen molar-refractivity contribution in [1.82, 2.24) is 10.2 Å². The first-order valence-electron chi connectivity index (χ1n) is 6.58. The summed E-state index contributed by atoms with van der Waals surface area (Å²) >= 11 is 3.22. The molecule has 2 heterocycles. The van der Waals surface area contributed by atoms with Crippen molar-refractivity contribution in [2.45, 2.75) is 44.2 Å². The number of carbonyl (C=O) groups excluding carboxylic acids is 1. The van der Waals surface area contributed by atoms with Gasteiger partial charge in [0.05, 0.1) is 6.54 Å². The molecule has 0 saturated carbocycles. The van der Waals surface area contributed by atoms with Gasteiger partial charge in [-0.3, -0.25) is 4.79 Å². The molecule has 2 amide bonds. The molecule has 2 saturated heterocycles. The van der Waals surface area contributed by atoms with Crippen molar-refractivity contribution in [3.05, 3.63) is 11.1 Å². The largest absolute Gasteiger partial charge is 0.481 e. The van der Waals surface area contributed by atoms with Crippen molar-refractivity contribution in [2.24, 2.45) is 5.92 Å². The Hall–Kier alpha value is -1.04. The van der Waals surface area contributed by atoms with Crippen LogP contribution in [-0.4, -0.2) is 40.6 Å². The summed E-state index contributed by atoms with van der Waals surface area (Å²) in [6, 6.07) is 0.347. The number of amides is 2. The molecule has 2 aliphatic heterocycles. The van der Waals surface area contributed by atoms with Gasteiger partial charge in [-0.05, 0) is 31.6 Å². The number of carboxylic acids is 1. The van der Waals surface area contributed by atoms with E-state index in [4.69, 9.17) is 5.11 Å². The van der Waals surface area contributed by atoms with Crippen LogP contribution in [0, 0.1) is 5.92 Å². The zero-order chi connectivity index (χ0) is 14.0. The molecule has 0 aliphatic carbocycles. The van der Waals surface area contributed by atoms with E-state index in [1.807, 2.05) is 4.90 Å². The number of hydrogen-bond acceptors (Lipinski definition) is 2. The molecule has 2 fully saturated rings. The Balaban J connectivity index is 1.93. The van der Waals surface area contributed by atoms with E-state index in [-0.39, 0.29) is 30.5 Å². The third-order valence-corrected chi connectivity index (χ3v) is 4.24. The van der Waals surface area contributed by atoms with Crippen LogP contribution in [0.2, 0.25) is 0 Å². The number of fused-ring (bicyclic) bond motifs is 2. The standard InChI is InChI=1S/C13H19BrN2O3/c1-8(14)7-15-13(19)16-10-2-3-11(16)5-9(4-10)6-12(17)18/h9-11H,1-7H2,(H,15,19)(H,17,18). The highest BCUT2D eigenvalue weighted by atomic mass is 79.9. The number of nitrogens with one attached hydrogen (secondary N) is 1. The Bertz CT molecular complexity index is 385. The van der Waals surface area contributed by atoms with Crippen LogP contribution in [0.5, 0.6) is 0 Å². The molecule has 0 spiro atoms. The van der Waals surface area contributed by atoms with Gasteiger partial charge in [-0.2, -0.15) is 0 Å². The van der Waals surface area contributed by atoms with Crippen molar-refractivity contribution < 1.29 is 14.7 Å². The minimum Gasteiger partial charge on any atom is -0.481 e. The van der Waals surface area contributed by atoms with Crippen LogP contribution in [0.25, 0.3) is 0 Å². The molecule has 6 heteroatoms. The topological polar surface area (TPSA) is 69.6 Å². The second-order valence-corrected chi connectivity index (χ2v) is 6.52. The summed E-state index contributed by atoms with van der Waals surface area (Å²) in [5, 5.41) is 11.7. The van der Waals surface area contributed by atoms with Crippen molar-refractivity contribution in [3.8, 4) is 0 Å². The van der Waals surface area contributed by atoms with Gasteiger partial charge in [0.15, 0.2) is 0 Å². The Labute approximate surface area is 121 Å². The number of piperidine rings is 1. The van der Waals surface area contributed by atoms with Crippen molar-refractivity contribution in [2.75, 3.05) is 6.54 Å². The highest BCUT2D eigenvalue weighted by Crippen LogP contribution is 2.39. The van der Waals surface area contributed by atoms with Gasteiger partial charge in [0, 0.05) is 23.0 Å². The van der Waals surface area contributed by atoms with Gasteiger partial charge >= 0.3 is 12.0 Å². The smallest absolute Gasteiger partial charge is 0.318 e. The maximum absolute atomic E-state index is 12.1. The number of carbonyl (C=O) groups is 2. The van der Waals surface area contributed by atoms with Gasteiger partial charge in [-0.15, -0.1) is 0 Å². The summed E-state index contributed by atoms with van der Waals surface area (Å²) < 4.78 is 0.744. The third-order valence-electron chi connectivity index (χ3n) is 3.96. The lowest BCUT2D eigenvalue weighted by molar-refractivity contribution is -0.138. The second-order valence-electron chi connectivity index (χ2n) is 5.40. The van der Waals surface area contributed by atoms with E-state index < -0.39 is 5.97 Å². The molecule has 0 aromatic heterocycles. The molecule has 5 nitrogen and oxygen atoms in total. The Morgan fingerprint density at radius 1 is 1.32 bits per heavy atom. The lowest BCUT2D eigenvalue weighted by Crippen LogP contribution is -2.51. The number of rotatable bonds is 4. The predicted octanol–water partition coefficient (Wildman–Crippen LogP) is 2.32. The summed E-state index contributed by atoms with van der Waals surface area (Å²) in [6.45, 7) is 4.11. The zero-order valence-electron chi connectivity index (χ0n) is 10.8. The number of halogens is 1. The van der Waals surface area contributed by atoms with Crippen molar-refractivity contribution in [3.63, 3.8) is 0 Å². The van der Waals surface area contributed by atoms with Crippen LogP contribution in [-0.2, 0) is 4.79 Å². The highest BCUT2D eigenvalue weighted by Gasteiger charge is 2.43. The monoisotopic (exact) mass is 330 g/mol. The molecule has 2 N–H and O–H groups in total. The quantitative estimate of drug-likeness (QED) is 0.831. The van der Waals surface area contributed by atoms with E-state index in [1.54, 1.807) is 0 Å². The van der Waals surface area contributed by atoms with Crippen LogP contribution < -0.4 is 5.32 Å². The average Bonchev–Trinajstić information content (AvgIpc) is 2.57. The highest BCUT2D eigenvalue weighted by molar-refractivity contribution is 9.11. The molecular weight excluding hydrogens is 312 g/mol. The van der Waals surface area contributed by atoms with Gasteiger partial charge < -0.3 is 15.3 Å².